The number of aliphatic carboxylic acids is 1. The lowest BCUT2D eigenvalue weighted by molar-refractivity contribution is -0.166. The number of hydrogen-bond acceptors (Lipinski definition) is 3. The fourth-order valence-electron chi connectivity index (χ4n) is 1.54. The van der Waals surface area contributed by atoms with Gasteiger partial charge in [0, 0.05) is 10.9 Å². The molecule has 6 heteroatoms. The minimum Gasteiger partial charge on any atom is -0.495 e. The summed E-state index contributed by atoms with van der Waals surface area (Å²) in [6.45, 7) is 0. The molecule has 1 aromatic heterocycles. The summed E-state index contributed by atoms with van der Waals surface area (Å²) < 4.78 is 31.6. The van der Waals surface area contributed by atoms with Crippen molar-refractivity contribution in [1.29, 1.82) is 0 Å². The maximum absolute atomic E-state index is 13.3. The predicted octanol–water partition coefficient (Wildman–Crippen LogP) is 2.42. The molecule has 0 atom stereocenters. The minimum atomic E-state index is -3.92. The van der Waals surface area contributed by atoms with Crippen LogP contribution in [0.1, 0.15) is 5.56 Å². The monoisotopic (exact) mass is 253 g/mol. The van der Waals surface area contributed by atoms with Gasteiger partial charge >= 0.3 is 11.9 Å². The smallest absolute Gasteiger partial charge is 0.379 e. The fraction of sp³-hybridized carbons (Fsp3) is 0.167. The summed E-state index contributed by atoms with van der Waals surface area (Å²) >= 11 is 0. The van der Waals surface area contributed by atoms with Crippen molar-refractivity contribution in [2.45, 2.75) is 5.92 Å². The Labute approximate surface area is 101 Å². The molecule has 0 fully saturated rings. The summed E-state index contributed by atoms with van der Waals surface area (Å²) in [6, 6.07) is 5.01. The first-order valence-electron chi connectivity index (χ1n) is 5.00. The summed E-state index contributed by atoms with van der Waals surface area (Å²) in [4.78, 5) is 14.5. The topological polar surface area (TPSA) is 59.4 Å². The second-order valence-electron chi connectivity index (χ2n) is 3.66. The van der Waals surface area contributed by atoms with Crippen LogP contribution in [0.3, 0.4) is 0 Å². The highest BCUT2D eigenvalue weighted by atomic mass is 19.3. The van der Waals surface area contributed by atoms with Gasteiger partial charge in [-0.1, -0.05) is 6.07 Å². The Hall–Kier alpha value is -2.24. The SMILES string of the molecule is COc1cnc2ccc(C(F)(F)C(=O)O)cc2c1. The zero-order valence-electron chi connectivity index (χ0n) is 9.35. The van der Waals surface area contributed by atoms with Crippen molar-refractivity contribution >= 4 is 16.9 Å². The average Bonchev–Trinajstić information content (AvgIpc) is 2.37. The van der Waals surface area contributed by atoms with Crippen LogP contribution >= 0.6 is 0 Å². The first-order valence-corrected chi connectivity index (χ1v) is 5.00. The van der Waals surface area contributed by atoms with E-state index >= 15 is 0 Å². The molecule has 2 rings (SSSR count). The van der Waals surface area contributed by atoms with Crippen LogP contribution in [0.4, 0.5) is 8.78 Å². The number of ether oxygens (including phenoxy) is 1. The highest BCUT2D eigenvalue weighted by Gasteiger charge is 2.41. The molecule has 0 unspecified atom stereocenters. The lowest BCUT2D eigenvalue weighted by Gasteiger charge is -2.12. The Morgan fingerprint density at radius 2 is 2.11 bits per heavy atom. The second kappa shape index (κ2) is 4.21. The zero-order chi connectivity index (χ0) is 13.3. The quantitative estimate of drug-likeness (QED) is 0.912. The van der Waals surface area contributed by atoms with E-state index in [-0.39, 0.29) is 0 Å². The Morgan fingerprint density at radius 1 is 1.39 bits per heavy atom. The Morgan fingerprint density at radius 3 is 2.72 bits per heavy atom. The molecule has 1 N–H and O–H groups in total. The van der Waals surface area contributed by atoms with Gasteiger partial charge < -0.3 is 9.84 Å². The molecular weight excluding hydrogens is 244 g/mol. The van der Waals surface area contributed by atoms with Crippen LogP contribution in [0.15, 0.2) is 30.5 Å². The standard InChI is InChI=1S/C12H9F2NO3/c1-18-9-5-7-4-8(12(13,14)11(16)17)2-3-10(7)15-6-9/h2-6H,1H3,(H,16,17). The fourth-order valence-corrected chi connectivity index (χ4v) is 1.54. The molecule has 0 saturated heterocycles. The van der Waals surface area contributed by atoms with Crippen molar-refractivity contribution in [3.63, 3.8) is 0 Å². The Balaban J connectivity index is 2.58. The lowest BCUT2D eigenvalue weighted by atomic mass is 10.1. The van der Waals surface area contributed by atoms with Crippen molar-refractivity contribution in [1.82, 2.24) is 4.98 Å². The largest absolute Gasteiger partial charge is 0.495 e. The number of pyridine rings is 1. The molecule has 0 bridgehead atoms. The van der Waals surface area contributed by atoms with Crippen molar-refractivity contribution < 1.29 is 23.4 Å². The summed E-state index contributed by atoms with van der Waals surface area (Å²) in [6.07, 6.45) is 1.46. The molecule has 0 amide bonds. The van der Waals surface area contributed by atoms with E-state index in [2.05, 4.69) is 4.98 Å². The van der Waals surface area contributed by atoms with Crippen LogP contribution in [0.25, 0.3) is 10.9 Å². The van der Waals surface area contributed by atoms with Gasteiger partial charge in [0.25, 0.3) is 0 Å². The maximum atomic E-state index is 13.3. The van der Waals surface area contributed by atoms with Gasteiger partial charge in [-0.25, -0.2) is 4.79 Å². The molecule has 0 spiro atoms. The van der Waals surface area contributed by atoms with Crippen LogP contribution < -0.4 is 4.74 Å². The van der Waals surface area contributed by atoms with Gasteiger partial charge in [-0.05, 0) is 18.2 Å². The molecule has 0 aliphatic rings. The van der Waals surface area contributed by atoms with E-state index in [9.17, 15) is 13.6 Å². The molecule has 94 valence electrons. The van der Waals surface area contributed by atoms with Crippen LogP contribution in [0, 0.1) is 0 Å². The van der Waals surface area contributed by atoms with Gasteiger partial charge in [0.1, 0.15) is 5.75 Å². The van der Waals surface area contributed by atoms with E-state index in [0.717, 1.165) is 12.1 Å². The molecule has 0 saturated carbocycles. The number of methoxy groups -OCH3 is 1. The average molecular weight is 253 g/mol. The van der Waals surface area contributed by atoms with E-state index in [1.807, 2.05) is 0 Å². The molecule has 0 aliphatic carbocycles. The van der Waals surface area contributed by atoms with Crippen molar-refractivity contribution in [3.8, 4) is 5.75 Å². The zero-order valence-corrected chi connectivity index (χ0v) is 9.35. The van der Waals surface area contributed by atoms with Gasteiger partial charge in [0.05, 0.1) is 18.8 Å². The molecule has 2 aromatic rings. The first kappa shape index (κ1) is 12.2. The molecule has 1 heterocycles. The third-order valence-electron chi connectivity index (χ3n) is 2.52. The molecule has 0 aliphatic heterocycles. The Bertz CT molecular complexity index is 613. The number of hydrogen-bond donors (Lipinski definition) is 1. The second-order valence-corrected chi connectivity index (χ2v) is 3.66. The third kappa shape index (κ3) is 1.97. The normalized spacial score (nSPS) is 11.5. The summed E-state index contributed by atoms with van der Waals surface area (Å²) in [7, 11) is 1.43. The minimum absolute atomic E-state index is 0.396. The first-order chi connectivity index (χ1) is 8.45. The summed E-state index contributed by atoms with van der Waals surface area (Å²) in [5.74, 6) is -5.69. The van der Waals surface area contributed by atoms with Crippen LogP contribution in [-0.2, 0) is 10.7 Å². The van der Waals surface area contributed by atoms with Crippen molar-refractivity contribution in [2.75, 3.05) is 7.11 Å². The number of carboxylic acid groups (broad SMARTS) is 1. The van der Waals surface area contributed by atoms with E-state index in [1.54, 1.807) is 0 Å². The molecular formula is C12H9F2NO3. The number of benzene rings is 1. The van der Waals surface area contributed by atoms with Gasteiger partial charge in [-0.2, -0.15) is 8.78 Å². The summed E-state index contributed by atoms with van der Waals surface area (Å²) in [5.41, 5.74) is -0.0988. The van der Waals surface area contributed by atoms with E-state index in [0.29, 0.717) is 16.7 Å². The Kier molecular flexibility index (Phi) is 2.86. The van der Waals surface area contributed by atoms with Gasteiger partial charge in [0.15, 0.2) is 0 Å². The van der Waals surface area contributed by atoms with Crippen molar-refractivity contribution in [2.24, 2.45) is 0 Å². The number of rotatable bonds is 3. The number of halogens is 2. The number of carboxylic acids is 1. The number of alkyl halides is 2. The molecule has 0 radical (unpaired) electrons. The van der Waals surface area contributed by atoms with E-state index < -0.39 is 17.5 Å². The van der Waals surface area contributed by atoms with Gasteiger partial charge in [0.2, 0.25) is 0 Å². The number of aromatic nitrogens is 1. The van der Waals surface area contributed by atoms with Crippen LogP contribution in [0.5, 0.6) is 5.75 Å². The third-order valence-corrected chi connectivity index (χ3v) is 2.52. The van der Waals surface area contributed by atoms with Crippen LogP contribution in [0.2, 0.25) is 0 Å². The number of fused-ring (bicyclic) bond motifs is 1. The predicted molar refractivity (Wildman–Crippen MR) is 59.8 cm³/mol. The van der Waals surface area contributed by atoms with Gasteiger partial charge in [-0.3, -0.25) is 4.98 Å². The number of carbonyl (C=O) groups is 1. The number of nitrogens with zero attached hydrogens (tertiary/aromatic N) is 1. The van der Waals surface area contributed by atoms with Gasteiger partial charge in [-0.15, -0.1) is 0 Å². The molecule has 1 aromatic carbocycles. The highest BCUT2D eigenvalue weighted by molar-refractivity contribution is 5.84. The molecule has 4 nitrogen and oxygen atoms in total. The summed E-state index contributed by atoms with van der Waals surface area (Å²) in [5, 5.41) is 8.87. The lowest BCUT2D eigenvalue weighted by Crippen LogP contribution is -2.25. The van der Waals surface area contributed by atoms with E-state index in [4.69, 9.17) is 9.84 Å². The van der Waals surface area contributed by atoms with Crippen LogP contribution in [-0.4, -0.2) is 23.2 Å². The van der Waals surface area contributed by atoms with E-state index in [1.165, 1.54) is 25.4 Å². The maximum Gasteiger partial charge on any atom is 0.379 e. The van der Waals surface area contributed by atoms with Crippen molar-refractivity contribution in [3.05, 3.63) is 36.0 Å². The molecule has 18 heavy (non-hydrogen) atoms. The highest BCUT2D eigenvalue weighted by Crippen LogP contribution is 2.30.